The van der Waals surface area contributed by atoms with E-state index in [9.17, 15) is 9.59 Å². The highest BCUT2D eigenvalue weighted by molar-refractivity contribution is 5.95. The maximum Gasteiger partial charge on any atom is 0.326 e. The Morgan fingerprint density at radius 1 is 1.47 bits per heavy atom. The van der Waals surface area contributed by atoms with Crippen LogP contribution in [0.3, 0.4) is 0 Å². The summed E-state index contributed by atoms with van der Waals surface area (Å²) in [6.07, 6.45) is 1.49. The van der Waals surface area contributed by atoms with Gasteiger partial charge >= 0.3 is 5.97 Å². The number of hydrogen-bond acceptors (Lipinski definition) is 3. The van der Waals surface area contributed by atoms with Crippen LogP contribution in [-0.4, -0.2) is 32.8 Å². The quantitative estimate of drug-likeness (QED) is 0.811. The van der Waals surface area contributed by atoms with E-state index in [2.05, 4.69) is 10.4 Å². The van der Waals surface area contributed by atoms with Crippen LogP contribution < -0.4 is 5.32 Å². The van der Waals surface area contributed by atoms with Crippen LogP contribution in [-0.2, 0) is 11.8 Å². The highest BCUT2D eigenvalue weighted by Gasteiger charge is 2.33. The smallest absolute Gasteiger partial charge is 0.326 e. The fraction of sp³-hybridized carbons (Fsp3) is 0.545. The van der Waals surface area contributed by atoms with Crippen molar-refractivity contribution in [2.45, 2.75) is 26.8 Å². The van der Waals surface area contributed by atoms with Crippen LogP contribution in [0.25, 0.3) is 0 Å². The van der Waals surface area contributed by atoms with Crippen LogP contribution in [0.4, 0.5) is 0 Å². The molecule has 6 heteroatoms. The lowest BCUT2D eigenvalue weighted by molar-refractivity contribution is -0.142. The van der Waals surface area contributed by atoms with Crippen molar-refractivity contribution in [2.75, 3.05) is 0 Å². The van der Waals surface area contributed by atoms with E-state index in [0.717, 1.165) is 0 Å². The van der Waals surface area contributed by atoms with Crippen molar-refractivity contribution in [1.29, 1.82) is 0 Å². The van der Waals surface area contributed by atoms with Gasteiger partial charge in [0, 0.05) is 13.2 Å². The monoisotopic (exact) mass is 239 g/mol. The van der Waals surface area contributed by atoms with Gasteiger partial charge in [-0.25, -0.2) is 4.79 Å². The second-order valence-electron chi connectivity index (χ2n) is 4.95. The van der Waals surface area contributed by atoms with Crippen LogP contribution in [0.2, 0.25) is 0 Å². The Morgan fingerprint density at radius 2 is 2.06 bits per heavy atom. The Labute approximate surface area is 99.6 Å². The number of nitrogens with one attached hydrogen (secondary N) is 1. The van der Waals surface area contributed by atoms with Gasteiger partial charge in [0.2, 0.25) is 0 Å². The van der Waals surface area contributed by atoms with Crippen molar-refractivity contribution in [3.8, 4) is 0 Å². The van der Waals surface area contributed by atoms with E-state index in [1.165, 1.54) is 16.9 Å². The average molecular weight is 239 g/mol. The molecule has 0 aliphatic heterocycles. The van der Waals surface area contributed by atoms with Gasteiger partial charge in [-0.1, -0.05) is 20.8 Å². The second-order valence-corrected chi connectivity index (χ2v) is 4.95. The molecule has 1 aromatic rings. The summed E-state index contributed by atoms with van der Waals surface area (Å²) in [7, 11) is 1.63. The van der Waals surface area contributed by atoms with E-state index in [0.29, 0.717) is 5.69 Å². The van der Waals surface area contributed by atoms with Crippen molar-refractivity contribution < 1.29 is 14.7 Å². The van der Waals surface area contributed by atoms with Gasteiger partial charge in [-0.2, -0.15) is 5.10 Å². The number of carbonyl (C=O) groups is 2. The lowest BCUT2D eigenvalue weighted by Gasteiger charge is -2.27. The molecule has 0 spiro atoms. The number of nitrogens with zero attached hydrogens (tertiary/aromatic N) is 2. The fourth-order valence-corrected chi connectivity index (χ4v) is 1.45. The third kappa shape index (κ3) is 3.05. The summed E-state index contributed by atoms with van der Waals surface area (Å²) < 4.78 is 1.40. The molecule has 0 aliphatic rings. The molecule has 6 nitrogen and oxygen atoms in total. The van der Waals surface area contributed by atoms with Crippen molar-refractivity contribution in [3.05, 3.63) is 18.0 Å². The molecule has 1 rings (SSSR count). The molecular formula is C11H17N3O3. The SMILES string of the molecule is Cn1nccc1C(=O)NC(C(=O)O)C(C)(C)C. The first-order valence-electron chi connectivity index (χ1n) is 5.25. The largest absolute Gasteiger partial charge is 0.480 e. The average Bonchev–Trinajstić information content (AvgIpc) is 2.58. The minimum absolute atomic E-state index is 0.334. The van der Waals surface area contributed by atoms with Gasteiger partial charge in [0.15, 0.2) is 0 Å². The zero-order valence-electron chi connectivity index (χ0n) is 10.4. The van der Waals surface area contributed by atoms with Gasteiger partial charge in [-0.05, 0) is 11.5 Å². The zero-order valence-corrected chi connectivity index (χ0v) is 10.4. The predicted octanol–water partition coefficient (Wildman–Crippen LogP) is 0.649. The molecule has 2 N–H and O–H groups in total. The highest BCUT2D eigenvalue weighted by atomic mass is 16.4. The Hall–Kier alpha value is -1.85. The Morgan fingerprint density at radius 3 is 2.41 bits per heavy atom. The summed E-state index contributed by atoms with van der Waals surface area (Å²) in [5, 5.41) is 15.4. The number of carboxylic acid groups (broad SMARTS) is 1. The molecule has 0 aromatic carbocycles. The predicted molar refractivity (Wildman–Crippen MR) is 61.6 cm³/mol. The second kappa shape index (κ2) is 4.57. The summed E-state index contributed by atoms with van der Waals surface area (Å²) in [6, 6.07) is 0.599. The number of rotatable bonds is 3. The maximum atomic E-state index is 11.9. The number of amides is 1. The molecule has 17 heavy (non-hydrogen) atoms. The van der Waals surface area contributed by atoms with Crippen molar-refractivity contribution in [1.82, 2.24) is 15.1 Å². The molecule has 0 saturated carbocycles. The molecule has 0 bridgehead atoms. The van der Waals surface area contributed by atoms with E-state index < -0.39 is 23.3 Å². The number of aliphatic carboxylic acids is 1. The normalized spacial score (nSPS) is 13.2. The number of hydrogen-bond donors (Lipinski definition) is 2. The molecule has 0 saturated heterocycles. The first-order valence-corrected chi connectivity index (χ1v) is 5.25. The molecule has 94 valence electrons. The summed E-state index contributed by atoms with van der Waals surface area (Å²) in [5.41, 5.74) is -0.222. The summed E-state index contributed by atoms with van der Waals surface area (Å²) in [6.45, 7) is 5.28. The van der Waals surface area contributed by atoms with Crippen LogP contribution >= 0.6 is 0 Å². The first kappa shape index (κ1) is 13.2. The van der Waals surface area contributed by atoms with Crippen molar-refractivity contribution in [2.24, 2.45) is 12.5 Å². The topological polar surface area (TPSA) is 84.2 Å². The standard InChI is InChI=1S/C11H17N3O3/c1-11(2,3)8(10(16)17)13-9(15)7-5-6-12-14(7)4/h5-6,8H,1-4H3,(H,13,15)(H,16,17). The molecular weight excluding hydrogens is 222 g/mol. The maximum absolute atomic E-state index is 11.9. The van der Waals surface area contributed by atoms with Crippen LogP contribution in [0.1, 0.15) is 31.3 Å². The molecule has 1 atom stereocenters. The lowest BCUT2D eigenvalue weighted by atomic mass is 9.86. The fourth-order valence-electron chi connectivity index (χ4n) is 1.45. The minimum Gasteiger partial charge on any atom is -0.480 e. The van der Waals surface area contributed by atoms with Crippen LogP contribution in [0, 0.1) is 5.41 Å². The third-order valence-corrected chi connectivity index (χ3v) is 2.44. The molecule has 0 radical (unpaired) electrons. The van der Waals surface area contributed by atoms with Gasteiger partial charge < -0.3 is 10.4 Å². The van der Waals surface area contributed by atoms with Crippen molar-refractivity contribution in [3.63, 3.8) is 0 Å². The van der Waals surface area contributed by atoms with E-state index >= 15 is 0 Å². The van der Waals surface area contributed by atoms with Crippen LogP contribution in [0.15, 0.2) is 12.3 Å². The Balaban J connectivity index is 2.86. The summed E-state index contributed by atoms with van der Waals surface area (Å²) in [4.78, 5) is 23.0. The third-order valence-electron chi connectivity index (χ3n) is 2.44. The highest BCUT2D eigenvalue weighted by Crippen LogP contribution is 2.19. The zero-order chi connectivity index (χ0) is 13.2. The van der Waals surface area contributed by atoms with Gasteiger partial charge in [0.1, 0.15) is 11.7 Å². The summed E-state index contributed by atoms with van der Waals surface area (Å²) >= 11 is 0. The molecule has 1 aromatic heterocycles. The van der Waals surface area contributed by atoms with E-state index in [4.69, 9.17) is 5.11 Å². The number of carbonyl (C=O) groups excluding carboxylic acids is 1. The van der Waals surface area contributed by atoms with E-state index in [1.54, 1.807) is 27.8 Å². The minimum atomic E-state index is -1.05. The molecule has 1 heterocycles. The number of carboxylic acids is 1. The van der Waals surface area contributed by atoms with Gasteiger partial charge in [0.05, 0.1) is 0 Å². The molecule has 0 fully saturated rings. The Bertz CT molecular complexity index is 431. The van der Waals surface area contributed by atoms with Crippen LogP contribution in [0.5, 0.6) is 0 Å². The van der Waals surface area contributed by atoms with E-state index in [1.807, 2.05) is 0 Å². The lowest BCUT2D eigenvalue weighted by Crippen LogP contribution is -2.49. The molecule has 1 amide bonds. The number of aryl methyl sites for hydroxylation is 1. The van der Waals surface area contributed by atoms with E-state index in [-0.39, 0.29) is 0 Å². The first-order chi connectivity index (χ1) is 7.73. The molecule has 1 unspecified atom stereocenters. The van der Waals surface area contributed by atoms with Gasteiger partial charge in [-0.3, -0.25) is 9.48 Å². The summed E-state index contributed by atoms with van der Waals surface area (Å²) in [5.74, 6) is -1.49. The number of aromatic nitrogens is 2. The van der Waals surface area contributed by atoms with Crippen molar-refractivity contribution >= 4 is 11.9 Å². The van der Waals surface area contributed by atoms with Gasteiger partial charge in [-0.15, -0.1) is 0 Å². The Kier molecular flexibility index (Phi) is 3.55. The van der Waals surface area contributed by atoms with Gasteiger partial charge in [0.25, 0.3) is 5.91 Å². The molecule has 0 aliphatic carbocycles.